The van der Waals surface area contributed by atoms with Crippen molar-refractivity contribution in [2.45, 2.75) is 13.3 Å². The van der Waals surface area contributed by atoms with Gasteiger partial charge in [-0.15, -0.1) is 0 Å². The van der Waals surface area contributed by atoms with Crippen LogP contribution in [0.1, 0.15) is 23.7 Å². The molecule has 0 aromatic heterocycles. The maximum absolute atomic E-state index is 12.1. The topological polar surface area (TPSA) is 81.4 Å². The minimum atomic E-state index is -0.520. The van der Waals surface area contributed by atoms with Crippen LogP contribution in [0.2, 0.25) is 0 Å². The van der Waals surface area contributed by atoms with E-state index in [4.69, 9.17) is 10.5 Å². The van der Waals surface area contributed by atoms with E-state index in [1.54, 1.807) is 19.1 Å². The fraction of sp³-hybridized carbons (Fsp3) is 0.385. The first-order chi connectivity index (χ1) is 9.40. The van der Waals surface area contributed by atoms with Crippen LogP contribution in [0.3, 0.4) is 0 Å². The van der Waals surface area contributed by atoms with Crippen molar-refractivity contribution in [3.05, 3.63) is 26.6 Å². The molecular formula is C13H16Br2N2O3. The van der Waals surface area contributed by atoms with E-state index in [0.29, 0.717) is 27.6 Å². The van der Waals surface area contributed by atoms with Crippen LogP contribution in [-0.4, -0.2) is 25.5 Å². The molecule has 0 spiro atoms. The van der Waals surface area contributed by atoms with Crippen molar-refractivity contribution in [1.82, 2.24) is 0 Å². The number of anilines is 1. The van der Waals surface area contributed by atoms with Gasteiger partial charge in [-0.2, -0.15) is 0 Å². The number of hydrogen-bond acceptors (Lipinski definition) is 4. The number of hydrogen-bond donors (Lipinski definition) is 2. The molecule has 0 saturated carbocycles. The molecule has 0 heterocycles. The highest BCUT2D eigenvalue weighted by Gasteiger charge is 2.20. The van der Waals surface area contributed by atoms with Crippen LogP contribution in [0.4, 0.5) is 5.69 Å². The summed E-state index contributed by atoms with van der Waals surface area (Å²) in [5.41, 5.74) is 6.12. The van der Waals surface area contributed by atoms with Crippen molar-refractivity contribution in [3.8, 4) is 0 Å². The van der Waals surface area contributed by atoms with Crippen LogP contribution in [0.25, 0.3) is 0 Å². The Labute approximate surface area is 134 Å². The zero-order valence-corrected chi connectivity index (χ0v) is 14.4. The van der Waals surface area contributed by atoms with E-state index in [1.165, 1.54) is 7.11 Å². The smallest absolute Gasteiger partial charge is 0.340 e. The van der Waals surface area contributed by atoms with E-state index < -0.39 is 5.97 Å². The van der Waals surface area contributed by atoms with Crippen molar-refractivity contribution in [2.24, 2.45) is 11.7 Å². The summed E-state index contributed by atoms with van der Waals surface area (Å²) in [5, 5.41) is 2.74. The summed E-state index contributed by atoms with van der Waals surface area (Å²) in [5.74, 6) is -0.946. The Morgan fingerprint density at radius 3 is 2.60 bits per heavy atom. The molecule has 1 amide bonds. The molecule has 7 heteroatoms. The lowest BCUT2D eigenvalue weighted by Gasteiger charge is -2.15. The third kappa shape index (κ3) is 4.29. The number of benzene rings is 1. The van der Waals surface area contributed by atoms with Crippen molar-refractivity contribution in [1.29, 1.82) is 0 Å². The molecule has 5 nitrogen and oxygen atoms in total. The minimum Gasteiger partial charge on any atom is -0.465 e. The predicted molar refractivity (Wildman–Crippen MR) is 84.6 cm³/mol. The van der Waals surface area contributed by atoms with Gasteiger partial charge in [-0.1, -0.05) is 22.9 Å². The first-order valence-corrected chi connectivity index (χ1v) is 7.57. The quantitative estimate of drug-likeness (QED) is 0.735. The Balaban J connectivity index is 3.10. The molecular weight excluding hydrogens is 392 g/mol. The van der Waals surface area contributed by atoms with Crippen LogP contribution in [0.15, 0.2) is 21.1 Å². The molecule has 0 radical (unpaired) electrons. The van der Waals surface area contributed by atoms with Gasteiger partial charge in [0.25, 0.3) is 0 Å². The number of rotatable bonds is 5. The number of amides is 1. The summed E-state index contributed by atoms with van der Waals surface area (Å²) in [6, 6.07) is 3.34. The highest BCUT2D eigenvalue weighted by atomic mass is 79.9. The lowest BCUT2D eigenvalue weighted by molar-refractivity contribution is -0.119. The third-order valence-corrected chi connectivity index (χ3v) is 3.84. The fourth-order valence-corrected chi connectivity index (χ4v) is 2.92. The van der Waals surface area contributed by atoms with Crippen LogP contribution < -0.4 is 11.1 Å². The molecule has 1 aromatic rings. The largest absolute Gasteiger partial charge is 0.465 e. The van der Waals surface area contributed by atoms with Crippen molar-refractivity contribution in [2.75, 3.05) is 19.0 Å². The predicted octanol–water partition coefficient (Wildman–Crippen LogP) is 2.92. The Morgan fingerprint density at radius 2 is 2.05 bits per heavy atom. The van der Waals surface area contributed by atoms with E-state index in [2.05, 4.69) is 37.2 Å². The Morgan fingerprint density at radius 1 is 1.40 bits per heavy atom. The standard InChI is InChI=1S/C13H16Br2N2O3/c1-7(3-4-16)12(18)17-11-9(13(19)20-2)5-8(14)6-10(11)15/h5-7H,3-4,16H2,1-2H3,(H,17,18). The third-order valence-electron chi connectivity index (χ3n) is 2.76. The van der Waals surface area contributed by atoms with E-state index >= 15 is 0 Å². The first kappa shape index (κ1) is 17.1. The second-order valence-electron chi connectivity index (χ2n) is 4.27. The Bertz CT molecular complexity index is 521. The molecule has 0 saturated heterocycles. The van der Waals surface area contributed by atoms with E-state index in [-0.39, 0.29) is 17.4 Å². The molecule has 110 valence electrons. The zero-order valence-electron chi connectivity index (χ0n) is 11.2. The van der Waals surface area contributed by atoms with Crippen molar-refractivity contribution in [3.63, 3.8) is 0 Å². The van der Waals surface area contributed by atoms with Gasteiger partial charge in [-0.05, 0) is 41.0 Å². The molecule has 0 fully saturated rings. The number of nitrogens with one attached hydrogen (secondary N) is 1. The normalized spacial score (nSPS) is 11.8. The molecule has 1 aromatic carbocycles. The SMILES string of the molecule is COC(=O)c1cc(Br)cc(Br)c1NC(=O)C(C)CCN. The molecule has 1 rings (SSSR count). The number of esters is 1. The van der Waals surface area contributed by atoms with Crippen LogP contribution in [0, 0.1) is 5.92 Å². The number of carbonyl (C=O) groups excluding carboxylic acids is 2. The fourth-order valence-electron chi connectivity index (χ4n) is 1.60. The van der Waals surface area contributed by atoms with E-state index in [1.807, 2.05) is 0 Å². The lowest BCUT2D eigenvalue weighted by Crippen LogP contribution is -2.24. The average molecular weight is 408 g/mol. The van der Waals surface area contributed by atoms with E-state index in [0.717, 1.165) is 0 Å². The van der Waals surface area contributed by atoms with Crippen molar-refractivity contribution >= 4 is 49.4 Å². The second-order valence-corrected chi connectivity index (χ2v) is 6.04. The molecule has 0 bridgehead atoms. The molecule has 1 unspecified atom stereocenters. The molecule has 0 aliphatic rings. The van der Waals surface area contributed by atoms with Gasteiger partial charge in [0.1, 0.15) is 0 Å². The number of halogens is 2. The summed E-state index contributed by atoms with van der Waals surface area (Å²) in [7, 11) is 1.29. The maximum atomic E-state index is 12.1. The van der Waals surface area contributed by atoms with Gasteiger partial charge in [0.15, 0.2) is 0 Å². The highest BCUT2D eigenvalue weighted by Crippen LogP contribution is 2.31. The summed E-state index contributed by atoms with van der Waals surface area (Å²) in [6.07, 6.45) is 0.577. The number of ether oxygens (including phenoxy) is 1. The minimum absolute atomic E-state index is 0.191. The van der Waals surface area contributed by atoms with Crippen LogP contribution in [-0.2, 0) is 9.53 Å². The first-order valence-electron chi connectivity index (χ1n) is 5.99. The summed E-state index contributed by atoms with van der Waals surface area (Å²) in [4.78, 5) is 23.8. The summed E-state index contributed by atoms with van der Waals surface area (Å²) >= 11 is 6.63. The van der Waals surface area contributed by atoms with Gasteiger partial charge < -0.3 is 15.8 Å². The highest BCUT2D eigenvalue weighted by molar-refractivity contribution is 9.11. The van der Waals surface area contributed by atoms with E-state index in [9.17, 15) is 9.59 Å². The van der Waals surface area contributed by atoms with Gasteiger partial charge in [-0.3, -0.25) is 4.79 Å². The lowest BCUT2D eigenvalue weighted by atomic mass is 10.1. The van der Waals surface area contributed by atoms with Gasteiger partial charge in [0.2, 0.25) is 5.91 Å². The molecule has 20 heavy (non-hydrogen) atoms. The molecule has 1 atom stereocenters. The Hall–Kier alpha value is -0.920. The van der Waals surface area contributed by atoms with Crippen LogP contribution >= 0.6 is 31.9 Å². The Kier molecular flexibility index (Phi) is 6.64. The average Bonchev–Trinajstić information content (AvgIpc) is 2.40. The van der Waals surface area contributed by atoms with Crippen LogP contribution in [0.5, 0.6) is 0 Å². The van der Waals surface area contributed by atoms with Gasteiger partial charge >= 0.3 is 5.97 Å². The van der Waals surface area contributed by atoms with Gasteiger partial charge in [0.05, 0.1) is 18.4 Å². The number of carbonyl (C=O) groups is 2. The second kappa shape index (κ2) is 7.75. The number of nitrogens with two attached hydrogens (primary N) is 1. The zero-order chi connectivity index (χ0) is 15.3. The maximum Gasteiger partial charge on any atom is 0.340 e. The molecule has 0 aliphatic heterocycles. The van der Waals surface area contributed by atoms with Gasteiger partial charge in [-0.25, -0.2) is 4.79 Å². The summed E-state index contributed by atoms with van der Waals surface area (Å²) < 4.78 is 6.03. The molecule has 3 N–H and O–H groups in total. The number of methoxy groups -OCH3 is 1. The molecule has 0 aliphatic carbocycles. The summed E-state index contributed by atoms with van der Waals surface area (Å²) in [6.45, 7) is 2.22. The van der Waals surface area contributed by atoms with Gasteiger partial charge in [0, 0.05) is 14.9 Å². The van der Waals surface area contributed by atoms with Crippen molar-refractivity contribution < 1.29 is 14.3 Å². The monoisotopic (exact) mass is 406 g/mol.